The Balaban J connectivity index is 1.02. The molecule has 13 nitrogen and oxygen atoms in total. The largest absolute Gasteiger partial charge is 0.371 e. The van der Waals surface area contributed by atoms with Crippen molar-refractivity contribution in [3.8, 4) is 0 Å². The number of carbonyl (C=O) groups is 5. The highest BCUT2D eigenvalue weighted by atomic mass is 32.2. The molecule has 4 saturated heterocycles. The summed E-state index contributed by atoms with van der Waals surface area (Å²) < 4.78 is 2.10. The topological polar surface area (TPSA) is 153 Å². The minimum Gasteiger partial charge on any atom is -0.371 e. The maximum absolute atomic E-state index is 13.8. The van der Waals surface area contributed by atoms with Crippen LogP contribution in [0.1, 0.15) is 59.2 Å². The third kappa shape index (κ3) is 6.75. The number of nitrogens with zero attached hydrogens (tertiary/aromatic N) is 5. The molecule has 248 valence electrons. The maximum atomic E-state index is 13.8. The van der Waals surface area contributed by atoms with E-state index in [1.54, 1.807) is 24.3 Å². The van der Waals surface area contributed by atoms with Gasteiger partial charge < -0.3 is 14.7 Å². The number of aldehydes is 1. The Bertz CT molecular complexity index is 1580. The van der Waals surface area contributed by atoms with E-state index in [0.717, 1.165) is 30.6 Å². The molecule has 14 heteroatoms. The van der Waals surface area contributed by atoms with Crippen LogP contribution in [0.4, 0.5) is 11.4 Å². The zero-order valence-corrected chi connectivity index (χ0v) is 27.1. The van der Waals surface area contributed by atoms with Crippen LogP contribution in [-0.2, 0) is 14.4 Å². The van der Waals surface area contributed by atoms with Crippen molar-refractivity contribution >= 4 is 53.2 Å². The number of anilines is 1. The molecule has 1 atom stereocenters. The number of nitrogens with one attached hydrogen (secondary N) is 1. The number of non-ortho nitro benzene ring substituents is 1. The summed E-state index contributed by atoms with van der Waals surface area (Å²) >= 11 is 1.51. The molecule has 2 aromatic carbocycles. The Morgan fingerprint density at radius 3 is 2.30 bits per heavy atom. The number of nitro benzene ring substituents is 1. The fourth-order valence-electron chi connectivity index (χ4n) is 7.15. The second kappa shape index (κ2) is 13.4. The Labute approximate surface area is 276 Å². The van der Waals surface area contributed by atoms with Gasteiger partial charge in [0.25, 0.3) is 11.6 Å². The monoisotopic (exact) mass is 662 g/mol. The number of amides is 4. The number of piperidine rings is 3. The highest BCUT2D eigenvalue weighted by Gasteiger charge is 2.43. The quantitative estimate of drug-likeness (QED) is 0.147. The molecule has 1 unspecified atom stereocenters. The highest BCUT2D eigenvalue weighted by molar-refractivity contribution is 7.97. The predicted octanol–water partition coefficient (Wildman–Crippen LogP) is 3.13. The van der Waals surface area contributed by atoms with Gasteiger partial charge in [0.1, 0.15) is 6.04 Å². The van der Waals surface area contributed by atoms with Gasteiger partial charge >= 0.3 is 0 Å². The molecule has 2 aromatic rings. The zero-order chi connectivity index (χ0) is 33.3. The van der Waals surface area contributed by atoms with Crippen molar-refractivity contribution in [2.75, 3.05) is 51.2 Å². The van der Waals surface area contributed by atoms with Crippen molar-refractivity contribution in [3.63, 3.8) is 0 Å². The number of likely N-dealkylation sites (tertiary alicyclic amines) is 1. The average molecular weight is 663 g/mol. The molecule has 0 aliphatic carbocycles. The minimum atomic E-state index is -0.790. The molecular weight excluding hydrogens is 624 g/mol. The fourth-order valence-corrected chi connectivity index (χ4v) is 8.21. The first kappa shape index (κ1) is 32.6. The number of likely N-dealkylation sites (N-methyl/N-ethyl adjacent to an activating group) is 1. The van der Waals surface area contributed by atoms with Crippen LogP contribution in [0, 0.1) is 21.4 Å². The zero-order valence-electron chi connectivity index (χ0n) is 26.3. The maximum Gasteiger partial charge on any atom is 0.269 e. The Hall–Kier alpha value is -4.30. The van der Waals surface area contributed by atoms with E-state index in [1.807, 2.05) is 11.0 Å². The predicted molar refractivity (Wildman–Crippen MR) is 174 cm³/mol. The van der Waals surface area contributed by atoms with Gasteiger partial charge in [-0.05, 0) is 67.7 Å². The van der Waals surface area contributed by atoms with Gasteiger partial charge in [0, 0.05) is 75.3 Å². The van der Waals surface area contributed by atoms with Crippen molar-refractivity contribution in [2.24, 2.45) is 11.3 Å². The van der Waals surface area contributed by atoms with Gasteiger partial charge in [0.2, 0.25) is 17.7 Å². The molecule has 0 saturated carbocycles. The molecule has 0 bridgehead atoms. The SMILES string of the molecule is CN(C(=O)c1c(C=O)cccc1N1CCC2(CCN(C(=O)C3CN(Sc4ccc([N+](=O)[O-])cc4)C3)CC2)CC1)C1CCC(=O)NC1=O. The molecule has 1 N–H and O–H groups in total. The number of carbonyl (C=O) groups excluding carboxylic acids is 5. The summed E-state index contributed by atoms with van der Waals surface area (Å²) in [4.78, 5) is 80.0. The lowest BCUT2D eigenvalue weighted by atomic mass is 9.71. The molecule has 6 rings (SSSR count). The van der Waals surface area contributed by atoms with Crippen LogP contribution in [0.25, 0.3) is 0 Å². The lowest BCUT2D eigenvalue weighted by Gasteiger charge is -2.49. The van der Waals surface area contributed by atoms with Crippen LogP contribution in [0.2, 0.25) is 0 Å². The molecule has 4 amide bonds. The fraction of sp³-hybridized carbons (Fsp3) is 0.485. The van der Waals surface area contributed by atoms with Crippen LogP contribution in [0.3, 0.4) is 0 Å². The van der Waals surface area contributed by atoms with E-state index < -0.39 is 22.8 Å². The number of nitro groups is 1. The molecule has 4 aliphatic rings. The highest BCUT2D eigenvalue weighted by Crippen LogP contribution is 2.43. The van der Waals surface area contributed by atoms with Gasteiger partial charge in [-0.3, -0.25) is 39.4 Å². The van der Waals surface area contributed by atoms with Gasteiger partial charge in [-0.1, -0.05) is 12.1 Å². The molecular formula is C33H38N6O7S. The van der Waals surface area contributed by atoms with E-state index in [2.05, 4.69) is 14.5 Å². The van der Waals surface area contributed by atoms with Gasteiger partial charge in [-0.2, -0.15) is 0 Å². The lowest BCUT2D eigenvalue weighted by molar-refractivity contribution is -0.384. The Morgan fingerprint density at radius 2 is 1.68 bits per heavy atom. The van der Waals surface area contributed by atoms with Crippen molar-refractivity contribution < 1.29 is 28.9 Å². The number of rotatable bonds is 8. The molecule has 4 heterocycles. The summed E-state index contributed by atoms with van der Waals surface area (Å²) in [5.41, 5.74) is 1.37. The van der Waals surface area contributed by atoms with E-state index in [-0.39, 0.29) is 52.8 Å². The number of imide groups is 1. The van der Waals surface area contributed by atoms with Crippen LogP contribution >= 0.6 is 11.9 Å². The molecule has 47 heavy (non-hydrogen) atoms. The number of hydrogen-bond donors (Lipinski definition) is 1. The van der Waals surface area contributed by atoms with Crippen molar-refractivity contribution in [1.82, 2.24) is 19.4 Å². The second-order valence-electron chi connectivity index (χ2n) is 12.9. The molecule has 4 fully saturated rings. The van der Waals surface area contributed by atoms with E-state index in [1.165, 1.54) is 36.0 Å². The normalized spacial score (nSPS) is 21.6. The number of benzene rings is 2. The van der Waals surface area contributed by atoms with Gasteiger partial charge in [-0.15, -0.1) is 0 Å². The average Bonchev–Trinajstić information content (AvgIpc) is 3.06. The molecule has 1 spiro atoms. The Kier molecular flexibility index (Phi) is 9.33. The first-order valence-corrected chi connectivity index (χ1v) is 16.7. The second-order valence-corrected chi connectivity index (χ2v) is 14.1. The van der Waals surface area contributed by atoms with Crippen molar-refractivity contribution in [2.45, 2.75) is 49.5 Å². The summed E-state index contributed by atoms with van der Waals surface area (Å²) in [6, 6.07) is 10.9. The van der Waals surface area contributed by atoms with Crippen LogP contribution in [-0.4, -0.2) is 101 Å². The minimum absolute atomic E-state index is 0.0456. The number of hydrogen-bond acceptors (Lipinski definition) is 10. The summed E-state index contributed by atoms with van der Waals surface area (Å²) in [6.45, 7) is 4.14. The first-order chi connectivity index (χ1) is 22.6. The van der Waals surface area contributed by atoms with Crippen molar-refractivity contribution in [1.29, 1.82) is 0 Å². The Morgan fingerprint density at radius 1 is 1.02 bits per heavy atom. The molecule has 0 aromatic heterocycles. The first-order valence-electron chi connectivity index (χ1n) is 16.0. The summed E-state index contributed by atoms with van der Waals surface area (Å²) in [6.07, 6.45) is 4.69. The molecule has 0 radical (unpaired) electrons. The summed E-state index contributed by atoms with van der Waals surface area (Å²) in [7, 11) is 1.53. The third-order valence-electron chi connectivity index (χ3n) is 10.2. The standard InChI is InChI=1S/C33H38N6O7S/c1-35(27-9-10-28(41)34-30(27)42)32(44)29-22(21-40)3-2-4-26(29)36-15-11-33(12-16-36)13-17-37(18-14-33)31(43)23-19-38(20-23)47-25-7-5-24(6-8-25)39(45)46/h2-8,21,23,27H,9-20H2,1H3,(H,34,41,42). The molecule has 4 aliphatic heterocycles. The van der Waals surface area contributed by atoms with Gasteiger partial charge in [0.15, 0.2) is 6.29 Å². The van der Waals surface area contributed by atoms with Gasteiger partial charge in [-0.25, -0.2) is 4.31 Å². The van der Waals surface area contributed by atoms with Crippen LogP contribution in [0.15, 0.2) is 47.4 Å². The van der Waals surface area contributed by atoms with E-state index in [4.69, 9.17) is 0 Å². The van der Waals surface area contributed by atoms with E-state index in [0.29, 0.717) is 51.2 Å². The van der Waals surface area contributed by atoms with Gasteiger partial charge in [0.05, 0.1) is 22.1 Å². The van der Waals surface area contributed by atoms with Crippen LogP contribution in [0.5, 0.6) is 0 Å². The van der Waals surface area contributed by atoms with E-state index in [9.17, 15) is 34.1 Å². The van der Waals surface area contributed by atoms with Crippen LogP contribution < -0.4 is 10.2 Å². The smallest absolute Gasteiger partial charge is 0.269 e. The summed E-state index contributed by atoms with van der Waals surface area (Å²) in [5.74, 6) is -1.15. The third-order valence-corrected chi connectivity index (χ3v) is 11.2. The van der Waals surface area contributed by atoms with E-state index >= 15 is 0 Å². The lowest BCUT2D eigenvalue weighted by Crippen LogP contribution is -2.55. The van der Waals surface area contributed by atoms with Crippen molar-refractivity contribution in [3.05, 3.63) is 63.7 Å². The summed E-state index contributed by atoms with van der Waals surface area (Å²) in [5, 5.41) is 13.2.